The van der Waals surface area contributed by atoms with E-state index in [9.17, 15) is 9.90 Å². The van der Waals surface area contributed by atoms with E-state index in [-0.39, 0.29) is 11.3 Å². The number of hydrogen-bond acceptors (Lipinski definition) is 5. The van der Waals surface area contributed by atoms with Crippen LogP contribution < -0.4 is 5.32 Å². The van der Waals surface area contributed by atoms with E-state index < -0.39 is 5.97 Å². The summed E-state index contributed by atoms with van der Waals surface area (Å²) in [5.74, 6) is -0.530. The standard InChI is InChI=1S/C17H28N2O3/c1-4-7-10-18-14-8-9-16(20)15(13-14)17(21)22-12-11-19(5-2)6-3/h8-9,13,18,20H,4-7,10-12H2,1-3H3. The van der Waals surface area contributed by atoms with Gasteiger partial charge in [0.2, 0.25) is 0 Å². The molecule has 0 heterocycles. The number of rotatable bonds is 10. The van der Waals surface area contributed by atoms with E-state index in [4.69, 9.17) is 4.74 Å². The minimum Gasteiger partial charge on any atom is -0.507 e. The third-order valence-corrected chi connectivity index (χ3v) is 3.61. The topological polar surface area (TPSA) is 61.8 Å². The Bertz CT molecular complexity index is 459. The number of aromatic hydroxyl groups is 1. The number of carbonyl (C=O) groups is 1. The summed E-state index contributed by atoms with van der Waals surface area (Å²) in [6.45, 7) is 9.99. The number of nitrogens with one attached hydrogen (secondary N) is 1. The molecule has 0 aromatic heterocycles. The van der Waals surface area contributed by atoms with Crippen molar-refractivity contribution in [3.63, 3.8) is 0 Å². The third-order valence-electron chi connectivity index (χ3n) is 3.61. The fraction of sp³-hybridized carbons (Fsp3) is 0.588. The minimum atomic E-state index is -0.483. The van der Waals surface area contributed by atoms with E-state index in [1.54, 1.807) is 12.1 Å². The Morgan fingerprint density at radius 1 is 1.27 bits per heavy atom. The quantitative estimate of drug-likeness (QED) is 0.395. The number of nitrogens with zero attached hydrogens (tertiary/aromatic N) is 1. The molecule has 0 spiro atoms. The lowest BCUT2D eigenvalue weighted by atomic mass is 10.1. The van der Waals surface area contributed by atoms with Gasteiger partial charge < -0.3 is 20.1 Å². The van der Waals surface area contributed by atoms with Crippen LogP contribution in [0.2, 0.25) is 0 Å². The van der Waals surface area contributed by atoms with Crippen LogP contribution >= 0.6 is 0 Å². The van der Waals surface area contributed by atoms with E-state index in [1.807, 2.05) is 0 Å². The van der Waals surface area contributed by atoms with Crippen molar-refractivity contribution in [2.75, 3.05) is 38.1 Å². The summed E-state index contributed by atoms with van der Waals surface area (Å²) in [7, 11) is 0. The maximum absolute atomic E-state index is 12.1. The summed E-state index contributed by atoms with van der Waals surface area (Å²) in [6, 6.07) is 4.93. The number of esters is 1. The number of benzene rings is 1. The van der Waals surface area contributed by atoms with Crippen molar-refractivity contribution in [3.8, 4) is 5.75 Å². The molecule has 0 aliphatic carbocycles. The molecule has 1 rings (SSSR count). The molecule has 0 fully saturated rings. The van der Waals surface area contributed by atoms with Crippen LogP contribution in [0.25, 0.3) is 0 Å². The highest BCUT2D eigenvalue weighted by Gasteiger charge is 2.14. The van der Waals surface area contributed by atoms with E-state index >= 15 is 0 Å². The van der Waals surface area contributed by atoms with E-state index in [0.29, 0.717) is 13.2 Å². The van der Waals surface area contributed by atoms with Gasteiger partial charge >= 0.3 is 5.97 Å². The second-order valence-corrected chi connectivity index (χ2v) is 5.18. The smallest absolute Gasteiger partial charge is 0.342 e. The average molecular weight is 308 g/mol. The molecule has 0 saturated carbocycles. The second kappa shape index (κ2) is 10.1. The Balaban J connectivity index is 2.58. The monoisotopic (exact) mass is 308 g/mol. The summed E-state index contributed by atoms with van der Waals surface area (Å²) >= 11 is 0. The van der Waals surface area contributed by atoms with Crippen LogP contribution in [0.5, 0.6) is 5.75 Å². The van der Waals surface area contributed by atoms with Gasteiger partial charge in [0.15, 0.2) is 0 Å². The van der Waals surface area contributed by atoms with Crippen LogP contribution in [0, 0.1) is 0 Å². The maximum atomic E-state index is 12.1. The van der Waals surface area contributed by atoms with Crippen LogP contribution in [0.1, 0.15) is 44.0 Å². The van der Waals surface area contributed by atoms with Crippen LogP contribution in [-0.4, -0.2) is 48.8 Å². The largest absolute Gasteiger partial charge is 0.507 e. The van der Waals surface area contributed by atoms with Gasteiger partial charge in [-0.1, -0.05) is 27.2 Å². The van der Waals surface area contributed by atoms with E-state index in [0.717, 1.165) is 38.2 Å². The summed E-state index contributed by atoms with van der Waals surface area (Å²) in [4.78, 5) is 14.3. The van der Waals surface area contributed by atoms with Crippen LogP contribution in [0.15, 0.2) is 18.2 Å². The summed E-state index contributed by atoms with van der Waals surface area (Å²) in [5, 5.41) is 13.1. The van der Waals surface area contributed by atoms with Gasteiger partial charge in [0.1, 0.15) is 17.9 Å². The van der Waals surface area contributed by atoms with Crippen molar-refractivity contribution in [1.29, 1.82) is 0 Å². The van der Waals surface area contributed by atoms with Gasteiger partial charge in [-0.3, -0.25) is 0 Å². The molecule has 0 bridgehead atoms. The van der Waals surface area contributed by atoms with Gasteiger partial charge in [-0.05, 0) is 37.7 Å². The van der Waals surface area contributed by atoms with Gasteiger partial charge in [-0.15, -0.1) is 0 Å². The Labute approximate surface area is 133 Å². The number of phenols is 1. The predicted octanol–water partition coefficient (Wildman–Crippen LogP) is 3.10. The van der Waals surface area contributed by atoms with Crippen LogP contribution in [-0.2, 0) is 4.74 Å². The Hall–Kier alpha value is -1.75. The lowest BCUT2D eigenvalue weighted by Gasteiger charge is -2.17. The molecular weight excluding hydrogens is 280 g/mol. The molecule has 0 saturated heterocycles. The Kier molecular flexibility index (Phi) is 8.36. The molecule has 0 radical (unpaired) electrons. The molecule has 0 aliphatic heterocycles. The number of unbranched alkanes of at least 4 members (excludes halogenated alkanes) is 1. The molecule has 5 nitrogen and oxygen atoms in total. The molecule has 0 aliphatic rings. The molecule has 5 heteroatoms. The molecule has 1 aromatic rings. The summed E-state index contributed by atoms with van der Waals surface area (Å²) in [5.41, 5.74) is 1.03. The van der Waals surface area contributed by atoms with Gasteiger partial charge in [-0.25, -0.2) is 4.79 Å². The van der Waals surface area contributed by atoms with Crippen molar-refractivity contribution in [2.45, 2.75) is 33.6 Å². The molecule has 22 heavy (non-hydrogen) atoms. The summed E-state index contributed by atoms with van der Waals surface area (Å²) < 4.78 is 5.26. The van der Waals surface area contributed by atoms with Crippen LogP contribution in [0.3, 0.4) is 0 Å². The number of carbonyl (C=O) groups excluding carboxylic acids is 1. The molecule has 1 aromatic carbocycles. The van der Waals surface area contributed by atoms with Gasteiger partial charge in [-0.2, -0.15) is 0 Å². The number of ether oxygens (including phenoxy) is 1. The normalized spacial score (nSPS) is 10.7. The first kappa shape index (κ1) is 18.3. The van der Waals surface area contributed by atoms with E-state index in [2.05, 4.69) is 31.0 Å². The number of phenolic OH excluding ortho intramolecular Hbond substituents is 1. The van der Waals surface area contributed by atoms with Gasteiger partial charge in [0, 0.05) is 18.8 Å². The first-order chi connectivity index (χ1) is 10.6. The SMILES string of the molecule is CCCCNc1ccc(O)c(C(=O)OCCN(CC)CC)c1. The first-order valence-electron chi connectivity index (χ1n) is 8.08. The fourth-order valence-electron chi connectivity index (χ4n) is 2.10. The number of anilines is 1. The van der Waals surface area contributed by atoms with Gasteiger partial charge in [0.05, 0.1) is 0 Å². The Morgan fingerprint density at radius 2 is 2.00 bits per heavy atom. The molecule has 0 amide bonds. The molecule has 0 atom stereocenters. The van der Waals surface area contributed by atoms with Crippen molar-refractivity contribution < 1.29 is 14.6 Å². The van der Waals surface area contributed by atoms with E-state index in [1.165, 1.54) is 6.07 Å². The lowest BCUT2D eigenvalue weighted by molar-refractivity contribution is 0.0463. The highest BCUT2D eigenvalue weighted by atomic mass is 16.5. The molecular formula is C17H28N2O3. The zero-order chi connectivity index (χ0) is 16.4. The first-order valence-corrected chi connectivity index (χ1v) is 8.08. The van der Waals surface area contributed by atoms with Gasteiger partial charge in [0.25, 0.3) is 0 Å². The third kappa shape index (κ3) is 5.93. The Morgan fingerprint density at radius 3 is 2.64 bits per heavy atom. The minimum absolute atomic E-state index is 0.0473. The molecule has 2 N–H and O–H groups in total. The highest BCUT2D eigenvalue weighted by Crippen LogP contribution is 2.22. The van der Waals surface area contributed by atoms with Crippen molar-refractivity contribution in [3.05, 3.63) is 23.8 Å². The number of likely N-dealkylation sites (N-methyl/N-ethyl adjacent to an activating group) is 1. The predicted molar refractivity (Wildman–Crippen MR) is 89.6 cm³/mol. The zero-order valence-corrected chi connectivity index (χ0v) is 13.9. The average Bonchev–Trinajstić information content (AvgIpc) is 2.53. The lowest BCUT2D eigenvalue weighted by Crippen LogP contribution is -2.27. The van der Waals surface area contributed by atoms with Crippen molar-refractivity contribution in [1.82, 2.24) is 4.90 Å². The fourth-order valence-corrected chi connectivity index (χ4v) is 2.10. The second-order valence-electron chi connectivity index (χ2n) is 5.18. The number of hydrogen-bond donors (Lipinski definition) is 2. The van der Waals surface area contributed by atoms with Crippen molar-refractivity contribution >= 4 is 11.7 Å². The molecule has 124 valence electrons. The molecule has 0 unspecified atom stereocenters. The van der Waals surface area contributed by atoms with Crippen LogP contribution in [0.4, 0.5) is 5.69 Å². The maximum Gasteiger partial charge on any atom is 0.342 e. The van der Waals surface area contributed by atoms with Crippen molar-refractivity contribution in [2.24, 2.45) is 0 Å². The summed E-state index contributed by atoms with van der Waals surface area (Å²) in [6.07, 6.45) is 2.16. The highest BCUT2D eigenvalue weighted by molar-refractivity contribution is 5.93. The zero-order valence-electron chi connectivity index (χ0n) is 13.9.